The molecule has 2 nitrogen and oxygen atoms in total. The van der Waals surface area contributed by atoms with Crippen LogP contribution in [-0.4, -0.2) is 11.6 Å². The Hall–Kier alpha value is -1.02. The molecule has 0 unspecified atom stereocenters. The van der Waals surface area contributed by atoms with Gasteiger partial charge in [-0.3, -0.25) is 0 Å². The van der Waals surface area contributed by atoms with Crippen LogP contribution < -0.4 is 10.1 Å². The number of hydrogen-bond donors (Lipinski definition) is 1. The van der Waals surface area contributed by atoms with Crippen molar-refractivity contribution < 1.29 is 4.74 Å². The van der Waals surface area contributed by atoms with Crippen molar-refractivity contribution in [2.24, 2.45) is 5.41 Å². The zero-order valence-corrected chi connectivity index (χ0v) is 14.2. The molecular formula is C18H31NO. The molecule has 1 aromatic carbocycles. The van der Waals surface area contributed by atoms with E-state index in [4.69, 9.17) is 4.74 Å². The zero-order chi connectivity index (χ0) is 15.4. The largest absolute Gasteiger partial charge is 0.491 e. The van der Waals surface area contributed by atoms with Gasteiger partial charge in [-0.1, -0.05) is 39.0 Å². The van der Waals surface area contributed by atoms with Crippen LogP contribution in [0, 0.1) is 5.41 Å². The van der Waals surface area contributed by atoms with Gasteiger partial charge in [0.05, 0.1) is 6.10 Å². The summed E-state index contributed by atoms with van der Waals surface area (Å²) in [5.41, 5.74) is 1.66. The Labute approximate surface area is 124 Å². The first-order valence-electron chi connectivity index (χ1n) is 7.59. The zero-order valence-electron chi connectivity index (χ0n) is 14.2. The molecule has 0 radical (unpaired) electrons. The maximum atomic E-state index is 5.87. The molecule has 0 aliphatic carbocycles. The maximum Gasteiger partial charge on any atom is 0.124 e. The number of nitrogens with one attached hydrogen (secondary N) is 1. The summed E-state index contributed by atoms with van der Waals surface area (Å²) in [6.45, 7) is 16.4. The SMILES string of the molecule is CC(C)Oc1ccccc1CNC(C)(C)CC(C)(C)C. The van der Waals surface area contributed by atoms with Gasteiger partial charge < -0.3 is 10.1 Å². The smallest absolute Gasteiger partial charge is 0.124 e. The minimum Gasteiger partial charge on any atom is -0.491 e. The van der Waals surface area contributed by atoms with E-state index in [1.807, 2.05) is 12.1 Å². The van der Waals surface area contributed by atoms with Gasteiger partial charge in [0.1, 0.15) is 5.75 Å². The second-order valence-corrected chi connectivity index (χ2v) is 7.75. The Morgan fingerprint density at radius 1 is 1.05 bits per heavy atom. The van der Waals surface area contributed by atoms with Crippen LogP contribution in [0.25, 0.3) is 0 Å². The van der Waals surface area contributed by atoms with Crippen LogP contribution in [0.2, 0.25) is 0 Å². The third kappa shape index (κ3) is 6.42. The van der Waals surface area contributed by atoms with E-state index in [1.54, 1.807) is 0 Å². The van der Waals surface area contributed by atoms with Crippen molar-refractivity contribution in [3.05, 3.63) is 29.8 Å². The Morgan fingerprint density at radius 3 is 2.20 bits per heavy atom. The lowest BCUT2D eigenvalue weighted by Gasteiger charge is -2.33. The summed E-state index contributed by atoms with van der Waals surface area (Å²) in [6, 6.07) is 8.29. The highest BCUT2D eigenvalue weighted by Gasteiger charge is 2.25. The molecule has 1 aromatic rings. The van der Waals surface area contributed by atoms with Gasteiger partial charge in [0.2, 0.25) is 0 Å². The normalized spacial score (nSPS) is 12.8. The van der Waals surface area contributed by atoms with E-state index in [9.17, 15) is 0 Å². The first-order chi connectivity index (χ1) is 9.09. The first-order valence-corrected chi connectivity index (χ1v) is 7.59. The second-order valence-electron chi connectivity index (χ2n) is 7.75. The molecule has 0 bridgehead atoms. The summed E-state index contributed by atoms with van der Waals surface area (Å²) in [7, 11) is 0. The van der Waals surface area contributed by atoms with Gasteiger partial charge in [-0.15, -0.1) is 0 Å². The van der Waals surface area contributed by atoms with Gasteiger partial charge in [-0.25, -0.2) is 0 Å². The maximum absolute atomic E-state index is 5.87. The summed E-state index contributed by atoms with van der Waals surface area (Å²) in [5.74, 6) is 0.988. The predicted molar refractivity (Wildman–Crippen MR) is 87.2 cm³/mol. The Kier molecular flexibility index (Phi) is 5.64. The molecule has 0 fully saturated rings. The fraction of sp³-hybridized carbons (Fsp3) is 0.667. The van der Waals surface area contributed by atoms with Gasteiger partial charge in [-0.2, -0.15) is 0 Å². The van der Waals surface area contributed by atoms with Crippen LogP contribution in [0.3, 0.4) is 0 Å². The molecule has 0 aliphatic rings. The van der Waals surface area contributed by atoms with Crippen molar-refractivity contribution in [1.29, 1.82) is 0 Å². The molecule has 1 rings (SSSR count). The van der Waals surface area contributed by atoms with E-state index >= 15 is 0 Å². The van der Waals surface area contributed by atoms with E-state index in [1.165, 1.54) is 5.56 Å². The van der Waals surface area contributed by atoms with E-state index in [-0.39, 0.29) is 11.6 Å². The molecule has 0 atom stereocenters. The van der Waals surface area contributed by atoms with Gasteiger partial charge in [0, 0.05) is 17.6 Å². The molecule has 0 aromatic heterocycles. The third-order valence-electron chi connectivity index (χ3n) is 3.06. The Balaban J connectivity index is 2.70. The van der Waals surface area contributed by atoms with Crippen molar-refractivity contribution >= 4 is 0 Å². The van der Waals surface area contributed by atoms with Gasteiger partial charge in [0.25, 0.3) is 0 Å². The number of rotatable bonds is 6. The van der Waals surface area contributed by atoms with Crippen LogP contribution in [0.4, 0.5) is 0 Å². The van der Waals surface area contributed by atoms with Crippen LogP contribution in [0.5, 0.6) is 5.75 Å². The number of ether oxygens (including phenoxy) is 1. The fourth-order valence-corrected chi connectivity index (χ4v) is 2.74. The molecule has 0 heterocycles. The monoisotopic (exact) mass is 277 g/mol. The van der Waals surface area contributed by atoms with Crippen molar-refractivity contribution in [3.63, 3.8) is 0 Å². The average molecular weight is 277 g/mol. The summed E-state index contributed by atoms with van der Waals surface area (Å²) in [5, 5.41) is 3.67. The Morgan fingerprint density at radius 2 is 1.65 bits per heavy atom. The third-order valence-corrected chi connectivity index (χ3v) is 3.06. The minimum absolute atomic E-state index is 0.114. The van der Waals surface area contributed by atoms with Gasteiger partial charge in [0.15, 0.2) is 0 Å². The lowest BCUT2D eigenvalue weighted by molar-refractivity contribution is 0.229. The highest BCUT2D eigenvalue weighted by Crippen LogP contribution is 2.28. The highest BCUT2D eigenvalue weighted by atomic mass is 16.5. The van der Waals surface area contributed by atoms with Gasteiger partial charge >= 0.3 is 0 Å². The summed E-state index contributed by atoms with van der Waals surface area (Å²) in [4.78, 5) is 0. The number of hydrogen-bond acceptors (Lipinski definition) is 2. The topological polar surface area (TPSA) is 21.3 Å². The Bertz CT molecular complexity index is 416. The number of benzene rings is 1. The lowest BCUT2D eigenvalue weighted by Crippen LogP contribution is -2.41. The van der Waals surface area contributed by atoms with E-state index in [0.29, 0.717) is 5.41 Å². The molecule has 0 spiro atoms. The van der Waals surface area contributed by atoms with Gasteiger partial charge in [-0.05, 0) is 45.6 Å². The van der Waals surface area contributed by atoms with Crippen molar-refractivity contribution in [1.82, 2.24) is 5.32 Å². The van der Waals surface area contributed by atoms with E-state index in [2.05, 4.69) is 65.9 Å². The minimum atomic E-state index is 0.114. The predicted octanol–water partition coefficient (Wildman–Crippen LogP) is 4.78. The molecule has 20 heavy (non-hydrogen) atoms. The van der Waals surface area contributed by atoms with Crippen LogP contribution in [0.15, 0.2) is 24.3 Å². The molecule has 2 heteroatoms. The first kappa shape index (κ1) is 17.0. The summed E-state index contributed by atoms with van der Waals surface area (Å²) in [6.07, 6.45) is 1.34. The average Bonchev–Trinajstić information content (AvgIpc) is 2.24. The molecule has 0 saturated heterocycles. The lowest BCUT2D eigenvalue weighted by atomic mass is 9.82. The quantitative estimate of drug-likeness (QED) is 0.808. The summed E-state index contributed by atoms with van der Waals surface area (Å²) >= 11 is 0. The second kappa shape index (κ2) is 6.62. The molecule has 114 valence electrons. The highest BCUT2D eigenvalue weighted by molar-refractivity contribution is 5.33. The standard InChI is InChI=1S/C18H31NO/c1-14(2)20-16-11-9-8-10-15(16)12-19-18(6,7)13-17(3,4)5/h8-11,14,19H,12-13H2,1-7H3. The molecule has 1 N–H and O–H groups in total. The molecule has 0 amide bonds. The summed E-state index contributed by atoms with van der Waals surface area (Å²) < 4.78 is 5.87. The van der Waals surface area contributed by atoms with E-state index < -0.39 is 0 Å². The molecule has 0 saturated carbocycles. The van der Waals surface area contributed by atoms with Crippen LogP contribution in [0.1, 0.15) is 60.5 Å². The van der Waals surface area contributed by atoms with Crippen molar-refractivity contribution in [2.45, 2.75) is 73.1 Å². The van der Waals surface area contributed by atoms with Crippen molar-refractivity contribution in [3.8, 4) is 5.75 Å². The molecule has 0 aliphatic heterocycles. The fourth-order valence-electron chi connectivity index (χ4n) is 2.74. The van der Waals surface area contributed by atoms with Crippen LogP contribution in [-0.2, 0) is 6.54 Å². The van der Waals surface area contributed by atoms with Crippen molar-refractivity contribution in [2.75, 3.05) is 0 Å². The van der Waals surface area contributed by atoms with E-state index in [0.717, 1.165) is 18.7 Å². The number of para-hydroxylation sites is 1. The molecular weight excluding hydrogens is 246 g/mol. The van der Waals surface area contributed by atoms with Crippen LogP contribution >= 0.6 is 0 Å².